The molecule has 1 aliphatic rings. The smallest absolute Gasteiger partial charge is 0.0534 e. The number of nitrogens with zero attached hydrogens (tertiary/aromatic N) is 3. The van der Waals surface area contributed by atoms with Crippen LogP contribution in [-0.4, -0.2) is 40.9 Å². The Labute approximate surface area is 123 Å². The minimum atomic E-state index is 0.701. The Balaban J connectivity index is 1.88. The molecule has 1 aromatic heterocycles. The van der Waals surface area contributed by atoms with Gasteiger partial charge in [0.2, 0.25) is 0 Å². The van der Waals surface area contributed by atoms with Gasteiger partial charge in [0.15, 0.2) is 0 Å². The number of aromatic nitrogens is 2. The van der Waals surface area contributed by atoms with Crippen molar-refractivity contribution in [3.05, 3.63) is 18.0 Å². The highest BCUT2D eigenvalue weighted by molar-refractivity contribution is 5.03. The van der Waals surface area contributed by atoms with Crippen LogP contribution in [0.2, 0.25) is 0 Å². The first-order valence-corrected chi connectivity index (χ1v) is 7.98. The van der Waals surface area contributed by atoms with Crippen molar-refractivity contribution < 1.29 is 0 Å². The summed E-state index contributed by atoms with van der Waals surface area (Å²) in [5.41, 5.74) is 1.30. The largest absolute Gasteiger partial charge is 0.314 e. The third kappa shape index (κ3) is 4.32. The lowest BCUT2D eigenvalue weighted by Crippen LogP contribution is -2.44. The summed E-state index contributed by atoms with van der Waals surface area (Å²) in [6.45, 7) is 7.88. The maximum absolute atomic E-state index is 4.25. The van der Waals surface area contributed by atoms with Crippen molar-refractivity contribution in [2.45, 2.75) is 45.7 Å². The molecule has 0 spiro atoms. The molecule has 3 unspecified atom stereocenters. The number of hydrogen-bond acceptors (Lipinski definition) is 3. The molecule has 0 aromatic carbocycles. The average molecular weight is 278 g/mol. The average Bonchev–Trinajstić information content (AvgIpc) is 2.78. The van der Waals surface area contributed by atoms with Crippen molar-refractivity contribution >= 4 is 0 Å². The van der Waals surface area contributed by atoms with Crippen LogP contribution in [-0.2, 0) is 13.6 Å². The van der Waals surface area contributed by atoms with Crippen LogP contribution < -0.4 is 5.32 Å². The normalized spacial score (nSPS) is 27.1. The first-order chi connectivity index (χ1) is 9.58. The monoisotopic (exact) mass is 278 g/mol. The van der Waals surface area contributed by atoms with Crippen LogP contribution in [0.25, 0.3) is 0 Å². The van der Waals surface area contributed by atoms with E-state index in [1.165, 1.54) is 31.4 Å². The number of nitrogens with one attached hydrogen (secondary N) is 1. The predicted molar refractivity (Wildman–Crippen MR) is 83.5 cm³/mol. The topological polar surface area (TPSA) is 33.1 Å². The van der Waals surface area contributed by atoms with Crippen molar-refractivity contribution in [1.82, 2.24) is 20.0 Å². The van der Waals surface area contributed by atoms with Gasteiger partial charge in [-0.1, -0.05) is 13.8 Å². The Morgan fingerprint density at radius 1 is 1.45 bits per heavy atom. The molecule has 1 fully saturated rings. The van der Waals surface area contributed by atoms with Crippen LogP contribution in [0.3, 0.4) is 0 Å². The van der Waals surface area contributed by atoms with Crippen molar-refractivity contribution in [2.24, 2.45) is 18.9 Å². The van der Waals surface area contributed by atoms with Crippen LogP contribution >= 0.6 is 0 Å². The fourth-order valence-corrected chi connectivity index (χ4v) is 3.56. The molecule has 1 N–H and O–H groups in total. The minimum absolute atomic E-state index is 0.701. The molecule has 4 nitrogen and oxygen atoms in total. The summed E-state index contributed by atoms with van der Waals surface area (Å²) in [7, 11) is 4.21. The summed E-state index contributed by atoms with van der Waals surface area (Å²) in [6.07, 6.45) is 8.15. The van der Waals surface area contributed by atoms with Gasteiger partial charge in [0.1, 0.15) is 0 Å². The van der Waals surface area contributed by atoms with Crippen molar-refractivity contribution in [3.8, 4) is 0 Å². The fourth-order valence-electron chi connectivity index (χ4n) is 3.56. The van der Waals surface area contributed by atoms with Crippen LogP contribution in [0.4, 0.5) is 0 Å². The van der Waals surface area contributed by atoms with Crippen LogP contribution in [0.1, 0.15) is 38.7 Å². The number of hydrogen-bond donors (Lipinski definition) is 1. The highest BCUT2D eigenvalue weighted by Crippen LogP contribution is 2.29. The summed E-state index contributed by atoms with van der Waals surface area (Å²) < 4.78 is 1.88. The Kier molecular flexibility index (Phi) is 5.61. The number of rotatable bonds is 6. The minimum Gasteiger partial charge on any atom is -0.314 e. The molecule has 114 valence electrons. The van der Waals surface area contributed by atoms with Gasteiger partial charge < -0.3 is 10.2 Å². The van der Waals surface area contributed by atoms with Gasteiger partial charge in [-0.25, -0.2) is 0 Å². The van der Waals surface area contributed by atoms with E-state index in [1.807, 2.05) is 17.9 Å². The van der Waals surface area contributed by atoms with E-state index in [4.69, 9.17) is 0 Å². The van der Waals surface area contributed by atoms with Gasteiger partial charge in [0.25, 0.3) is 0 Å². The van der Waals surface area contributed by atoms with E-state index >= 15 is 0 Å². The first-order valence-electron chi connectivity index (χ1n) is 7.98. The molecular weight excluding hydrogens is 248 g/mol. The zero-order valence-electron chi connectivity index (χ0n) is 13.5. The third-order valence-electron chi connectivity index (χ3n) is 4.47. The first kappa shape index (κ1) is 15.5. The van der Waals surface area contributed by atoms with Gasteiger partial charge in [-0.3, -0.25) is 4.68 Å². The lowest BCUT2D eigenvalue weighted by atomic mass is 9.78. The second-order valence-corrected chi connectivity index (χ2v) is 6.56. The number of aryl methyl sites for hydroxylation is 1. The van der Waals surface area contributed by atoms with Crippen LogP contribution in [0.15, 0.2) is 12.4 Å². The Morgan fingerprint density at radius 2 is 2.25 bits per heavy atom. The molecule has 0 saturated heterocycles. The van der Waals surface area contributed by atoms with Gasteiger partial charge in [-0.05, 0) is 44.7 Å². The van der Waals surface area contributed by atoms with E-state index in [9.17, 15) is 0 Å². The van der Waals surface area contributed by atoms with Crippen molar-refractivity contribution in [3.63, 3.8) is 0 Å². The van der Waals surface area contributed by atoms with Crippen LogP contribution in [0.5, 0.6) is 0 Å². The van der Waals surface area contributed by atoms with E-state index in [-0.39, 0.29) is 0 Å². The van der Waals surface area contributed by atoms with Gasteiger partial charge in [0, 0.05) is 37.9 Å². The quantitative estimate of drug-likeness (QED) is 0.866. The molecule has 1 heterocycles. The Hall–Kier alpha value is -0.870. The molecule has 0 radical (unpaired) electrons. The highest BCUT2D eigenvalue weighted by atomic mass is 15.2. The molecule has 0 bridgehead atoms. The second-order valence-electron chi connectivity index (χ2n) is 6.56. The summed E-state index contributed by atoms with van der Waals surface area (Å²) in [6, 6.07) is 0.701. The molecule has 4 heteroatoms. The van der Waals surface area contributed by atoms with E-state index in [0.29, 0.717) is 6.04 Å². The van der Waals surface area contributed by atoms with Crippen LogP contribution in [0, 0.1) is 11.8 Å². The van der Waals surface area contributed by atoms with E-state index in [1.54, 1.807) is 0 Å². The molecule has 3 atom stereocenters. The molecule has 2 rings (SSSR count). The zero-order valence-corrected chi connectivity index (χ0v) is 13.5. The Bertz CT molecular complexity index is 401. The molecule has 20 heavy (non-hydrogen) atoms. The van der Waals surface area contributed by atoms with Crippen molar-refractivity contribution in [2.75, 3.05) is 20.1 Å². The summed E-state index contributed by atoms with van der Waals surface area (Å²) in [4.78, 5) is 2.45. The predicted octanol–water partition coefficient (Wildman–Crippen LogP) is 2.27. The summed E-state index contributed by atoms with van der Waals surface area (Å²) in [5.74, 6) is 1.65. The lowest BCUT2D eigenvalue weighted by Gasteiger charge is -2.37. The molecule has 1 saturated carbocycles. The standard InChI is InChI=1S/C16H30N4/c1-5-17-16-7-6-13(2)8-15(16)12-19(3)10-14-9-18-20(4)11-14/h9,11,13,15-17H,5-8,10,12H2,1-4H3. The SMILES string of the molecule is CCNC1CCC(C)CC1CN(C)Cc1cnn(C)c1. The Morgan fingerprint density at radius 3 is 2.90 bits per heavy atom. The van der Waals surface area contributed by atoms with Gasteiger partial charge >= 0.3 is 0 Å². The second kappa shape index (κ2) is 7.23. The van der Waals surface area contributed by atoms with Crippen molar-refractivity contribution in [1.29, 1.82) is 0 Å². The molecule has 1 aromatic rings. The molecule has 0 aliphatic heterocycles. The van der Waals surface area contributed by atoms with E-state index in [2.05, 4.69) is 42.4 Å². The lowest BCUT2D eigenvalue weighted by molar-refractivity contribution is 0.158. The van der Waals surface area contributed by atoms with Gasteiger partial charge in [-0.2, -0.15) is 5.10 Å². The highest BCUT2D eigenvalue weighted by Gasteiger charge is 2.28. The zero-order chi connectivity index (χ0) is 14.5. The maximum Gasteiger partial charge on any atom is 0.0534 e. The third-order valence-corrected chi connectivity index (χ3v) is 4.47. The molecular formula is C16H30N4. The fraction of sp³-hybridized carbons (Fsp3) is 0.812. The van der Waals surface area contributed by atoms with Gasteiger partial charge in [-0.15, -0.1) is 0 Å². The molecule has 0 amide bonds. The summed E-state index contributed by atoms with van der Waals surface area (Å²) in [5, 5.41) is 7.94. The summed E-state index contributed by atoms with van der Waals surface area (Å²) >= 11 is 0. The molecule has 1 aliphatic carbocycles. The maximum atomic E-state index is 4.25. The van der Waals surface area contributed by atoms with E-state index < -0.39 is 0 Å². The van der Waals surface area contributed by atoms with Gasteiger partial charge in [0.05, 0.1) is 6.20 Å². The van der Waals surface area contributed by atoms with E-state index in [0.717, 1.165) is 24.9 Å².